The van der Waals surface area contributed by atoms with E-state index in [1.807, 2.05) is 30.3 Å². The van der Waals surface area contributed by atoms with Crippen molar-refractivity contribution in [3.05, 3.63) is 35.9 Å². The number of rotatable bonds is 11. The first-order valence-electron chi connectivity index (χ1n) is 11.8. The predicted octanol–water partition coefficient (Wildman–Crippen LogP) is 2.03. The van der Waals surface area contributed by atoms with Crippen LogP contribution in [0.2, 0.25) is 0 Å². The highest BCUT2D eigenvalue weighted by atomic mass is 32.2. The Morgan fingerprint density at radius 1 is 1.14 bits per heavy atom. The van der Waals surface area contributed by atoms with Gasteiger partial charge in [0.05, 0.1) is 12.8 Å². The Morgan fingerprint density at radius 2 is 1.78 bits per heavy atom. The molecule has 12 nitrogen and oxygen atoms in total. The summed E-state index contributed by atoms with van der Waals surface area (Å²) in [6.45, 7) is 5.18. The molecular formula is C24H35N3O9S. The van der Waals surface area contributed by atoms with Gasteiger partial charge in [0.15, 0.2) is 12.1 Å². The van der Waals surface area contributed by atoms with Gasteiger partial charge in [-0.05, 0) is 45.6 Å². The molecule has 206 valence electrons. The second kappa shape index (κ2) is 12.9. The fraction of sp³-hybridized carbons (Fsp3) is 0.583. The lowest BCUT2D eigenvalue weighted by atomic mass is 10.1. The Labute approximate surface area is 217 Å². The molecule has 1 fully saturated rings. The molecule has 0 radical (unpaired) electrons. The number of imide groups is 1. The number of likely N-dealkylation sites (N-methyl/N-ethyl adjacent to an activating group) is 1. The predicted molar refractivity (Wildman–Crippen MR) is 133 cm³/mol. The van der Waals surface area contributed by atoms with Crippen molar-refractivity contribution in [3.8, 4) is 0 Å². The summed E-state index contributed by atoms with van der Waals surface area (Å²) in [5.41, 5.74) is -0.0165. The van der Waals surface area contributed by atoms with Crippen LogP contribution in [0.3, 0.4) is 0 Å². The van der Waals surface area contributed by atoms with E-state index in [-0.39, 0.29) is 32.5 Å². The molecule has 0 spiro atoms. The van der Waals surface area contributed by atoms with E-state index in [9.17, 15) is 27.6 Å². The quantitative estimate of drug-likeness (QED) is 0.252. The number of carbonyl (C=O) groups is 4. The number of benzene rings is 1. The average molecular weight is 542 g/mol. The summed E-state index contributed by atoms with van der Waals surface area (Å²) in [6.07, 6.45) is -0.766. The second-order valence-corrected chi connectivity index (χ2v) is 11.3. The van der Waals surface area contributed by atoms with Gasteiger partial charge in [-0.3, -0.25) is 8.98 Å². The number of ether oxygens (including phenoxy) is 2. The molecule has 1 N–H and O–H groups in total. The monoisotopic (exact) mass is 541 g/mol. The smallest absolute Gasteiger partial charge is 0.407 e. The highest BCUT2D eigenvalue weighted by molar-refractivity contribution is 7.86. The third-order valence-electron chi connectivity index (χ3n) is 5.15. The number of nitrogens with one attached hydrogen (secondary N) is 1. The van der Waals surface area contributed by atoms with Crippen LogP contribution < -0.4 is 5.32 Å². The lowest BCUT2D eigenvalue weighted by Gasteiger charge is -2.27. The zero-order chi connectivity index (χ0) is 27.8. The van der Waals surface area contributed by atoms with E-state index in [2.05, 4.69) is 5.32 Å². The molecular weight excluding hydrogens is 506 g/mol. The number of hydrogen-bond acceptors (Lipinski definition) is 9. The summed E-state index contributed by atoms with van der Waals surface area (Å²) in [7, 11) is -2.65. The number of unbranched alkanes of at least 4 members (excludes halogenated alkanes) is 1. The molecule has 1 aliphatic rings. The normalized spacial score (nSPS) is 16.9. The van der Waals surface area contributed by atoms with E-state index >= 15 is 0 Å². The summed E-state index contributed by atoms with van der Waals surface area (Å²) in [4.78, 5) is 52.3. The van der Waals surface area contributed by atoms with E-state index in [1.54, 1.807) is 20.8 Å². The largest absolute Gasteiger partial charge is 0.458 e. The minimum absolute atomic E-state index is 0.0683. The third-order valence-corrected chi connectivity index (χ3v) is 5.73. The Balaban J connectivity index is 1.95. The first-order valence-corrected chi connectivity index (χ1v) is 13.6. The molecule has 0 aliphatic carbocycles. The van der Waals surface area contributed by atoms with E-state index in [1.165, 1.54) is 11.9 Å². The maximum absolute atomic E-state index is 13.2. The summed E-state index contributed by atoms with van der Waals surface area (Å²) < 4.78 is 39.1. The molecule has 0 bridgehead atoms. The number of esters is 1. The van der Waals surface area contributed by atoms with Gasteiger partial charge >= 0.3 is 18.1 Å². The second-order valence-electron chi connectivity index (χ2n) is 9.69. The van der Waals surface area contributed by atoms with Crippen molar-refractivity contribution in [2.75, 3.05) is 26.4 Å². The molecule has 1 heterocycles. The molecule has 13 heteroatoms. The first kappa shape index (κ1) is 30.0. The average Bonchev–Trinajstić information content (AvgIpc) is 3.09. The molecule has 1 aliphatic heterocycles. The van der Waals surface area contributed by atoms with Gasteiger partial charge in [-0.15, -0.1) is 0 Å². The fourth-order valence-electron chi connectivity index (χ4n) is 3.53. The van der Waals surface area contributed by atoms with Crippen LogP contribution in [0.5, 0.6) is 0 Å². The number of urea groups is 1. The van der Waals surface area contributed by atoms with Gasteiger partial charge in [-0.25, -0.2) is 19.3 Å². The molecule has 37 heavy (non-hydrogen) atoms. The van der Waals surface area contributed by atoms with Crippen molar-refractivity contribution in [1.82, 2.24) is 15.1 Å². The molecule has 1 saturated heterocycles. The van der Waals surface area contributed by atoms with Crippen LogP contribution in [0.4, 0.5) is 9.59 Å². The number of amides is 4. The van der Waals surface area contributed by atoms with Gasteiger partial charge in [0, 0.05) is 13.6 Å². The topological polar surface area (TPSA) is 149 Å². The number of nitrogens with zero attached hydrogens (tertiary/aromatic N) is 2. The van der Waals surface area contributed by atoms with Gasteiger partial charge < -0.3 is 19.7 Å². The van der Waals surface area contributed by atoms with Crippen LogP contribution in [0.15, 0.2) is 30.3 Å². The van der Waals surface area contributed by atoms with Gasteiger partial charge in [0.1, 0.15) is 12.2 Å². The SMILES string of the molecule is CN1C[C@@H](C(=O)OC(C)(C)C)N(C(=O)[C@@H](CCCCNC(=O)OCc2ccccc2)OS(C)(=O)=O)C1=O. The Kier molecular flexibility index (Phi) is 10.4. The zero-order valence-electron chi connectivity index (χ0n) is 21.8. The minimum Gasteiger partial charge on any atom is -0.458 e. The Bertz CT molecular complexity index is 1070. The number of alkyl carbamates (subject to hydrolysis) is 1. The molecule has 0 saturated carbocycles. The molecule has 2 rings (SSSR count). The Morgan fingerprint density at radius 3 is 2.38 bits per heavy atom. The Hall–Kier alpha value is -3.19. The maximum Gasteiger partial charge on any atom is 0.407 e. The molecule has 2 atom stereocenters. The van der Waals surface area contributed by atoms with Crippen molar-refractivity contribution >= 4 is 34.1 Å². The summed E-state index contributed by atoms with van der Waals surface area (Å²) >= 11 is 0. The lowest BCUT2D eigenvalue weighted by Crippen LogP contribution is -2.50. The number of carbonyl (C=O) groups excluding carboxylic acids is 4. The first-order chi connectivity index (χ1) is 17.2. The number of hydrogen-bond donors (Lipinski definition) is 1. The standard InChI is InChI=1S/C24H35N3O9S/c1-24(2,3)35-21(29)18-15-26(4)23(31)27(18)20(28)19(36-37(5,32)33)13-9-10-14-25-22(30)34-16-17-11-7-6-8-12-17/h6-8,11-12,18-19H,9-10,13-16H2,1-5H3,(H,25,30)/t18-,19+/m0/s1. The van der Waals surface area contributed by atoms with Crippen molar-refractivity contribution < 1.29 is 41.3 Å². The van der Waals surface area contributed by atoms with Crippen LogP contribution in [0.25, 0.3) is 0 Å². The van der Waals surface area contributed by atoms with E-state index in [0.717, 1.165) is 11.8 Å². The van der Waals surface area contributed by atoms with Gasteiger partial charge in [0.25, 0.3) is 16.0 Å². The highest BCUT2D eigenvalue weighted by Gasteiger charge is 2.47. The molecule has 1 aromatic rings. The maximum atomic E-state index is 13.2. The van der Waals surface area contributed by atoms with Gasteiger partial charge in [-0.1, -0.05) is 30.3 Å². The van der Waals surface area contributed by atoms with Crippen LogP contribution in [-0.4, -0.2) is 86.4 Å². The lowest BCUT2D eigenvalue weighted by molar-refractivity contribution is -0.162. The van der Waals surface area contributed by atoms with Gasteiger partial charge in [0.2, 0.25) is 0 Å². The summed E-state index contributed by atoms with van der Waals surface area (Å²) in [6, 6.07) is 7.16. The van der Waals surface area contributed by atoms with Crippen molar-refractivity contribution in [2.24, 2.45) is 0 Å². The van der Waals surface area contributed by atoms with Crippen molar-refractivity contribution in [3.63, 3.8) is 0 Å². The van der Waals surface area contributed by atoms with Crippen LogP contribution in [0.1, 0.15) is 45.6 Å². The zero-order valence-corrected chi connectivity index (χ0v) is 22.6. The van der Waals surface area contributed by atoms with Crippen molar-refractivity contribution in [1.29, 1.82) is 0 Å². The minimum atomic E-state index is -4.06. The van der Waals surface area contributed by atoms with E-state index < -0.39 is 51.9 Å². The van der Waals surface area contributed by atoms with Crippen LogP contribution in [-0.2, 0) is 40.0 Å². The van der Waals surface area contributed by atoms with E-state index in [0.29, 0.717) is 11.3 Å². The third kappa shape index (κ3) is 10.00. The summed E-state index contributed by atoms with van der Waals surface area (Å²) in [5.74, 6) is -1.74. The summed E-state index contributed by atoms with van der Waals surface area (Å²) in [5, 5.41) is 2.58. The van der Waals surface area contributed by atoms with Crippen LogP contribution in [0, 0.1) is 0 Å². The van der Waals surface area contributed by atoms with Crippen molar-refractivity contribution in [2.45, 2.75) is 64.4 Å². The molecule has 0 aromatic heterocycles. The molecule has 1 aromatic carbocycles. The van der Waals surface area contributed by atoms with Gasteiger partial charge in [-0.2, -0.15) is 8.42 Å². The molecule has 0 unspecified atom stereocenters. The fourth-order valence-corrected chi connectivity index (χ4v) is 4.13. The molecule has 4 amide bonds. The van der Waals surface area contributed by atoms with E-state index in [4.69, 9.17) is 13.7 Å². The van der Waals surface area contributed by atoms with Crippen LogP contribution >= 0.6 is 0 Å². The highest BCUT2D eigenvalue weighted by Crippen LogP contribution is 2.22.